The third kappa shape index (κ3) is 4.10. The minimum Gasteiger partial charge on any atom is -0.384 e. The summed E-state index contributed by atoms with van der Waals surface area (Å²) in [4.78, 5) is 14.6. The third-order valence-corrected chi connectivity index (χ3v) is 5.92. The van der Waals surface area contributed by atoms with Gasteiger partial charge in [0.2, 0.25) is 10.0 Å². The molecule has 23 heavy (non-hydrogen) atoms. The van der Waals surface area contributed by atoms with E-state index in [0.29, 0.717) is 24.6 Å². The first-order valence-electron chi connectivity index (χ1n) is 7.67. The molecular formula is C16H24N2O4S. The molecule has 1 heterocycles. The van der Waals surface area contributed by atoms with Gasteiger partial charge in [-0.2, -0.15) is 0 Å². The molecule has 0 spiro atoms. The largest absolute Gasteiger partial charge is 0.384 e. The van der Waals surface area contributed by atoms with Crippen LogP contribution < -0.4 is 0 Å². The Morgan fingerprint density at radius 3 is 2.52 bits per heavy atom. The molecule has 1 atom stereocenters. The second-order valence-electron chi connectivity index (χ2n) is 6.03. The van der Waals surface area contributed by atoms with Crippen LogP contribution in [0.3, 0.4) is 0 Å². The van der Waals surface area contributed by atoms with Gasteiger partial charge in [-0.05, 0) is 43.0 Å². The molecule has 0 radical (unpaired) electrons. The first-order chi connectivity index (χ1) is 10.9. The number of nitrogens with zero attached hydrogens (tertiary/aromatic N) is 2. The number of sulfonamides is 1. The number of likely N-dealkylation sites (tertiary alicyclic amines) is 1. The summed E-state index contributed by atoms with van der Waals surface area (Å²) in [6.07, 6.45) is 2.03. The van der Waals surface area contributed by atoms with Crippen LogP contribution in [0.2, 0.25) is 0 Å². The molecule has 0 saturated carbocycles. The van der Waals surface area contributed by atoms with Gasteiger partial charge in [-0.3, -0.25) is 4.79 Å². The zero-order valence-corrected chi connectivity index (χ0v) is 14.7. The maximum Gasteiger partial charge on any atom is 0.253 e. The number of ether oxygens (including phenoxy) is 1. The van der Waals surface area contributed by atoms with Gasteiger partial charge >= 0.3 is 0 Å². The van der Waals surface area contributed by atoms with Crippen LogP contribution in [-0.2, 0) is 14.8 Å². The second-order valence-corrected chi connectivity index (χ2v) is 8.18. The quantitative estimate of drug-likeness (QED) is 0.813. The van der Waals surface area contributed by atoms with Crippen molar-refractivity contribution in [3.63, 3.8) is 0 Å². The number of carbonyl (C=O) groups excluding carboxylic acids is 1. The SMILES string of the molecule is COCC1CCCN(C(=O)c2ccc(S(=O)(=O)N(C)C)cc2)C1. The summed E-state index contributed by atoms with van der Waals surface area (Å²) in [6.45, 7) is 2.07. The lowest BCUT2D eigenvalue weighted by atomic mass is 9.98. The lowest BCUT2D eigenvalue weighted by molar-refractivity contribution is 0.0571. The molecule has 7 heteroatoms. The highest BCUT2D eigenvalue weighted by atomic mass is 32.2. The van der Waals surface area contributed by atoms with E-state index in [9.17, 15) is 13.2 Å². The number of hydrogen-bond acceptors (Lipinski definition) is 4. The fourth-order valence-electron chi connectivity index (χ4n) is 2.78. The van der Waals surface area contributed by atoms with Crippen LogP contribution in [0.4, 0.5) is 0 Å². The van der Waals surface area contributed by atoms with E-state index in [0.717, 1.165) is 23.7 Å². The molecule has 1 aromatic rings. The first kappa shape index (κ1) is 17.9. The van der Waals surface area contributed by atoms with Gasteiger partial charge in [0, 0.05) is 39.9 Å². The van der Waals surface area contributed by atoms with Crippen LogP contribution >= 0.6 is 0 Å². The normalized spacial score (nSPS) is 19.1. The van der Waals surface area contributed by atoms with E-state index in [1.165, 1.54) is 26.2 Å². The number of benzene rings is 1. The number of hydrogen-bond donors (Lipinski definition) is 0. The van der Waals surface area contributed by atoms with Crippen molar-refractivity contribution in [2.45, 2.75) is 17.7 Å². The van der Waals surface area contributed by atoms with Gasteiger partial charge in [0.1, 0.15) is 0 Å². The molecule has 1 unspecified atom stereocenters. The predicted octanol–water partition coefficient (Wildman–Crippen LogP) is 1.44. The molecule has 1 amide bonds. The van der Waals surface area contributed by atoms with Gasteiger partial charge in [-0.15, -0.1) is 0 Å². The van der Waals surface area contributed by atoms with Crippen LogP contribution in [0, 0.1) is 5.92 Å². The molecule has 0 N–H and O–H groups in total. The van der Waals surface area contributed by atoms with Crippen molar-refractivity contribution in [2.75, 3.05) is 40.9 Å². The van der Waals surface area contributed by atoms with Crippen LogP contribution in [0.25, 0.3) is 0 Å². The van der Waals surface area contributed by atoms with E-state index >= 15 is 0 Å². The summed E-state index contributed by atoms with van der Waals surface area (Å²) in [5.41, 5.74) is 0.515. The molecule has 128 valence electrons. The molecule has 1 aromatic carbocycles. The van der Waals surface area contributed by atoms with Crippen molar-refractivity contribution >= 4 is 15.9 Å². The number of methoxy groups -OCH3 is 1. The highest BCUT2D eigenvalue weighted by molar-refractivity contribution is 7.89. The zero-order chi connectivity index (χ0) is 17.0. The average Bonchev–Trinajstić information content (AvgIpc) is 2.54. The number of piperidine rings is 1. The number of rotatable bonds is 5. The molecule has 1 fully saturated rings. The van der Waals surface area contributed by atoms with Gasteiger partial charge in [0.25, 0.3) is 5.91 Å². The Hall–Kier alpha value is -1.44. The van der Waals surface area contributed by atoms with Crippen molar-refractivity contribution in [3.8, 4) is 0 Å². The van der Waals surface area contributed by atoms with Crippen LogP contribution in [-0.4, -0.2) is 64.4 Å². The topological polar surface area (TPSA) is 66.9 Å². The van der Waals surface area contributed by atoms with E-state index < -0.39 is 10.0 Å². The molecule has 0 aromatic heterocycles. The maximum atomic E-state index is 12.6. The van der Waals surface area contributed by atoms with E-state index in [1.54, 1.807) is 19.2 Å². The Labute approximate surface area is 138 Å². The van der Waals surface area contributed by atoms with Gasteiger partial charge < -0.3 is 9.64 Å². The van der Waals surface area contributed by atoms with Gasteiger partial charge in [-0.25, -0.2) is 12.7 Å². The molecule has 0 bridgehead atoms. The minimum atomic E-state index is -3.47. The molecule has 2 rings (SSSR count). The summed E-state index contributed by atoms with van der Waals surface area (Å²) >= 11 is 0. The minimum absolute atomic E-state index is 0.0559. The molecule has 6 nitrogen and oxygen atoms in total. The molecule has 1 saturated heterocycles. The van der Waals surface area contributed by atoms with E-state index in [1.807, 2.05) is 4.90 Å². The Balaban J connectivity index is 2.11. The van der Waals surface area contributed by atoms with Crippen LogP contribution in [0.5, 0.6) is 0 Å². The Kier molecular flexibility index (Phi) is 5.78. The van der Waals surface area contributed by atoms with Crippen LogP contribution in [0.15, 0.2) is 29.2 Å². The summed E-state index contributed by atoms with van der Waals surface area (Å²) in [5.74, 6) is 0.311. The highest BCUT2D eigenvalue weighted by Crippen LogP contribution is 2.20. The first-order valence-corrected chi connectivity index (χ1v) is 9.11. The molecular weight excluding hydrogens is 316 g/mol. The lowest BCUT2D eigenvalue weighted by Gasteiger charge is -2.32. The number of carbonyl (C=O) groups is 1. The molecule has 1 aliphatic heterocycles. The Bertz CT molecular complexity index is 639. The fraction of sp³-hybridized carbons (Fsp3) is 0.562. The van der Waals surface area contributed by atoms with Gasteiger partial charge in [-0.1, -0.05) is 0 Å². The third-order valence-electron chi connectivity index (χ3n) is 4.09. The molecule has 1 aliphatic rings. The maximum absolute atomic E-state index is 12.6. The summed E-state index contributed by atoms with van der Waals surface area (Å²) < 4.78 is 30.4. The van der Waals surface area contributed by atoms with Gasteiger partial charge in [0.05, 0.1) is 11.5 Å². The zero-order valence-electron chi connectivity index (χ0n) is 13.9. The predicted molar refractivity (Wildman–Crippen MR) is 87.8 cm³/mol. The Morgan fingerprint density at radius 2 is 1.96 bits per heavy atom. The van der Waals surface area contributed by atoms with Crippen molar-refractivity contribution in [2.24, 2.45) is 5.92 Å². The second kappa shape index (κ2) is 7.42. The molecule has 0 aliphatic carbocycles. The summed E-state index contributed by atoms with van der Waals surface area (Å²) in [5, 5.41) is 0. The van der Waals surface area contributed by atoms with E-state index in [-0.39, 0.29) is 10.8 Å². The lowest BCUT2D eigenvalue weighted by Crippen LogP contribution is -2.41. The average molecular weight is 340 g/mol. The summed E-state index contributed by atoms with van der Waals surface area (Å²) in [6, 6.07) is 6.13. The summed E-state index contributed by atoms with van der Waals surface area (Å²) in [7, 11) is 1.17. The standard InChI is InChI=1S/C16H24N2O4S/c1-17(2)23(20,21)15-8-6-14(7-9-15)16(19)18-10-4-5-13(11-18)12-22-3/h6-9,13H,4-5,10-12H2,1-3H3. The Morgan fingerprint density at radius 1 is 1.30 bits per heavy atom. The monoisotopic (exact) mass is 340 g/mol. The van der Waals surface area contributed by atoms with Crippen molar-refractivity contribution in [1.82, 2.24) is 9.21 Å². The van der Waals surface area contributed by atoms with E-state index in [4.69, 9.17) is 4.74 Å². The van der Waals surface area contributed by atoms with Crippen molar-refractivity contribution in [3.05, 3.63) is 29.8 Å². The highest BCUT2D eigenvalue weighted by Gasteiger charge is 2.25. The number of amides is 1. The fourth-order valence-corrected chi connectivity index (χ4v) is 3.69. The van der Waals surface area contributed by atoms with Crippen molar-refractivity contribution in [1.29, 1.82) is 0 Å². The van der Waals surface area contributed by atoms with Crippen LogP contribution in [0.1, 0.15) is 23.2 Å². The van der Waals surface area contributed by atoms with Gasteiger partial charge in [0.15, 0.2) is 0 Å². The smallest absolute Gasteiger partial charge is 0.253 e. The van der Waals surface area contributed by atoms with E-state index in [2.05, 4.69) is 0 Å². The van der Waals surface area contributed by atoms with Crippen molar-refractivity contribution < 1.29 is 17.9 Å².